The lowest BCUT2D eigenvalue weighted by Gasteiger charge is -2.09. The summed E-state index contributed by atoms with van der Waals surface area (Å²) in [7, 11) is -4.04. The van der Waals surface area contributed by atoms with Gasteiger partial charge in [0.25, 0.3) is 10.0 Å². The third-order valence-corrected chi connectivity index (χ3v) is 3.97. The molecule has 0 aliphatic heterocycles. The Morgan fingerprint density at radius 3 is 2.50 bits per heavy atom. The van der Waals surface area contributed by atoms with E-state index in [9.17, 15) is 17.2 Å². The maximum Gasteiger partial charge on any atom is 0.263 e. The SMILES string of the molecule is Cc1c(N)cc(S(=O)(=O)Nc2ccc(F)cn2)cc1F. The summed E-state index contributed by atoms with van der Waals surface area (Å²) in [5.74, 6) is -1.40. The van der Waals surface area contributed by atoms with Crippen LogP contribution in [0.25, 0.3) is 0 Å². The van der Waals surface area contributed by atoms with E-state index in [2.05, 4.69) is 9.71 Å². The lowest BCUT2D eigenvalue weighted by atomic mass is 10.2. The van der Waals surface area contributed by atoms with Crippen molar-refractivity contribution in [1.82, 2.24) is 4.98 Å². The van der Waals surface area contributed by atoms with E-state index in [-0.39, 0.29) is 22.0 Å². The molecule has 0 saturated heterocycles. The molecule has 20 heavy (non-hydrogen) atoms. The van der Waals surface area contributed by atoms with E-state index in [4.69, 9.17) is 5.73 Å². The van der Waals surface area contributed by atoms with Gasteiger partial charge in [-0.25, -0.2) is 22.2 Å². The number of nitrogens with one attached hydrogen (secondary N) is 1. The fraction of sp³-hybridized carbons (Fsp3) is 0.0833. The molecule has 3 N–H and O–H groups in total. The molecule has 1 aromatic heterocycles. The monoisotopic (exact) mass is 299 g/mol. The number of halogens is 2. The Labute approximate surface area is 114 Å². The number of rotatable bonds is 3. The van der Waals surface area contributed by atoms with Gasteiger partial charge in [0.05, 0.1) is 11.1 Å². The Kier molecular flexibility index (Phi) is 3.58. The summed E-state index contributed by atoms with van der Waals surface area (Å²) in [6.07, 6.45) is 0.863. The average Bonchev–Trinajstić information content (AvgIpc) is 2.38. The molecule has 0 atom stereocenters. The number of anilines is 2. The second-order valence-corrected chi connectivity index (χ2v) is 5.77. The van der Waals surface area contributed by atoms with Gasteiger partial charge in [-0.15, -0.1) is 0 Å². The average molecular weight is 299 g/mol. The Balaban J connectivity index is 2.38. The number of aromatic nitrogens is 1. The number of nitrogens with two attached hydrogens (primary N) is 1. The van der Waals surface area contributed by atoms with E-state index in [0.29, 0.717) is 0 Å². The zero-order chi connectivity index (χ0) is 14.9. The Morgan fingerprint density at radius 1 is 1.25 bits per heavy atom. The Bertz CT molecular complexity index is 723. The highest BCUT2D eigenvalue weighted by Crippen LogP contribution is 2.22. The molecule has 0 bridgehead atoms. The minimum absolute atomic E-state index is 0.0254. The van der Waals surface area contributed by atoms with Crippen molar-refractivity contribution in [3.8, 4) is 0 Å². The van der Waals surface area contributed by atoms with E-state index in [1.807, 2.05) is 0 Å². The number of nitrogen functional groups attached to an aromatic ring is 1. The first-order valence-corrected chi connectivity index (χ1v) is 6.98. The van der Waals surface area contributed by atoms with Gasteiger partial charge < -0.3 is 5.73 Å². The zero-order valence-electron chi connectivity index (χ0n) is 10.4. The van der Waals surface area contributed by atoms with E-state index >= 15 is 0 Å². The molecule has 2 aromatic rings. The van der Waals surface area contributed by atoms with Crippen LogP contribution in [0.5, 0.6) is 0 Å². The van der Waals surface area contributed by atoms with E-state index < -0.39 is 21.7 Å². The summed E-state index contributed by atoms with van der Waals surface area (Å²) < 4.78 is 52.4. The highest BCUT2D eigenvalue weighted by Gasteiger charge is 2.18. The van der Waals surface area contributed by atoms with E-state index in [0.717, 1.165) is 30.5 Å². The first-order valence-electron chi connectivity index (χ1n) is 5.49. The maximum atomic E-state index is 13.5. The summed E-state index contributed by atoms with van der Waals surface area (Å²) >= 11 is 0. The van der Waals surface area contributed by atoms with Crippen molar-refractivity contribution < 1.29 is 17.2 Å². The maximum absolute atomic E-state index is 13.5. The number of hydrogen-bond acceptors (Lipinski definition) is 4. The van der Waals surface area contributed by atoms with Crippen molar-refractivity contribution in [2.45, 2.75) is 11.8 Å². The lowest BCUT2D eigenvalue weighted by Crippen LogP contribution is -2.15. The van der Waals surface area contributed by atoms with E-state index in [1.54, 1.807) is 0 Å². The Hall–Kier alpha value is -2.22. The molecule has 1 aromatic carbocycles. The molecule has 0 radical (unpaired) electrons. The highest BCUT2D eigenvalue weighted by atomic mass is 32.2. The largest absolute Gasteiger partial charge is 0.398 e. The predicted octanol–water partition coefficient (Wildman–Crippen LogP) is 2.05. The van der Waals surface area contributed by atoms with Crippen LogP contribution < -0.4 is 10.5 Å². The van der Waals surface area contributed by atoms with E-state index in [1.165, 1.54) is 6.92 Å². The molecule has 0 amide bonds. The molecule has 0 saturated carbocycles. The number of pyridine rings is 1. The van der Waals surface area contributed by atoms with Crippen molar-refractivity contribution in [2.24, 2.45) is 0 Å². The zero-order valence-corrected chi connectivity index (χ0v) is 11.2. The van der Waals surface area contributed by atoms with Crippen LogP contribution in [0.4, 0.5) is 20.3 Å². The van der Waals surface area contributed by atoms with Crippen molar-refractivity contribution in [2.75, 3.05) is 10.5 Å². The van der Waals surface area contributed by atoms with Gasteiger partial charge in [-0.1, -0.05) is 0 Å². The van der Waals surface area contributed by atoms with Crippen molar-refractivity contribution in [3.63, 3.8) is 0 Å². The second kappa shape index (κ2) is 5.04. The van der Waals surface area contributed by atoms with Gasteiger partial charge in [0, 0.05) is 11.3 Å². The summed E-state index contributed by atoms with van der Waals surface area (Å²) in [4.78, 5) is 3.23. The molecule has 106 valence electrons. The first-order chi connectivity index (χ1) is 9.29. The molecule has 0 unspecified atom stereocenters. The van der Waals surface area contributed by atoms with Crippen LogP contribution in [0.1, 0.15) is 5.56 Å². The van der Waals surface area contributed by atoms with Crippen LogP contribution >= 0.6 is 0 Å². The van der Waals surface area contributed by atoms with Crippen molar-refractivity contribution >= 4 is 21.5 Å². The molecular weight excluding hydrogens is 288 g/mol. The highest BCUT2D eigenvalue weighted by molar-refractivity contribution is 7.92. The third kappa shape index (κ3) is 2.85. The molecule has 1 heterocycles. The summed E-state index contributed by atoms with van der Waals surface area (Å²) in [6, 6.07) is 4.21. The summed E-state index contributed by atoms with van der Waals surface area (Å²) in [5, 5.41) is 0. The third-order valence-electron chi connectivity index (χ3n) is 2.63. The number of benzene rings is 1. The number of nitrogens with zero attached hydrogens (tertiary/aromatic N) is 1. The van der Waals surface area contributed by atoms with Gasteiger partial charge in [0.2, 0.25) is 0 Å². The molecule has 0 aliphatic carbocycles. The molecule has 8 heteroatoms. The molecule has 0 aliphatic rings. The molecular formula is C12H11F2N3O2S. The summed E-state index contributed by atoms with van der Waals surface area (Å²) in [5.41, 5.74) is 5.73. The normalized spacial score (nSPS) is 11.3. The van der Waals surface area contributed by atoms with Crippen LogP contribution in [0, 0.1) is 18.6 Å². The van der Waals surface area contributed by atoms with Gasteiger partial charge in [0.1, 0.15) is 17.5 Å². The quantitative estimate of drug-likeness (QED) is 0.849. The van der Waals surface area contributed by atoms with Crippen LogP contribution in [-0.4, -0.2) is 13.4 Å². The predicted molar refractivity (Wildman–Crippen MR) is 70.6 cm³/mol. The molecule has 2 rings (SSSR count). The Morgan fingerprint density at radius 2 is 1.95 bits per heavy atom. The van der Waals surface area contributed by atoms with Gasteiger partial charge in [0.15, 0.2) is 0 Å². The van der Waals surface area contributed by atoms with Crippen LogP contribution in [0.2, 0.25) is 0 Å². The molecule has 0 spiro atoms. The first kappa shape index (κ1) is 14.2. The fourth-order valence-corrected chi connectivity index (χ4v) is 2.52. The molecule has 5 nitrogen and oxygen atoms in total. The fourth-order valence-electron chi connectivity index (χ4n) is 1.46. The number of hydrogen-bond donors (Lipinski definition) is 2. The topological polar surface area (TPSA) is 85.1 Å². The van der Waals surface area contributed by atoms with Crippen molar-refractivity contribution in [3.05, 3.63) is 47.7 Å². The van der Waals surface area contributed by atoms with Crippen LogP contribution in [0.3, 0.4) is 0 Å². The van der Waals surface area contributed by atoms with Gasteiger partial charge in [-0.2, -0.15) is 0 Å². The minimum Gasteiger partial charge on any atom is -0.398 e. The van der Waals surface area contributed by atoms with Gasteiger partial charge in [-0.05, 0) is 31.2 Å². The smallest absolute Gasteiger partial charge is 0.263 e. The van der Waals surface area contributed by atoms with Gasteiger partial charge in [-0.3, -0.25) is 4.72 Å². The second-order valence-electron chi connectivity index (χ2n) is 4.09. The summed E-state index contributed by atoms with van der Waals surface area (Å²) in [6.45, 7) is 1.44. The minimum atomic E-state index is -4.04. The lowest BCUT2D eigenvalue weighted by molar-refractivity contribution is 0.593. The van der Waals surface area contributed by atoms with Crippen LogP contribution in [0.15, 0.2) is 35.4 Å². The molecule has 0 fully saturated rings. The standard InChI is InChI=1S/C12H11F2N3O2S/c1-7-10(14)4-9(5-11(7)15)20(18,19)17-12-3-2-8(13)6-16-12/h2-6H,15H2,1H3,(H,16,17). The van der Waals surface area contributed by atoms with Gasteiger partial charge >= 0.3 is 0 Å². The number of sulfonamides is 1. The van der Waals surface area contributed by atoms with Crippen molar-refractivity contribution in [1.29, 1.82) is 0 Å². The van der Waals surface area contributed by atoms with Crippen LogP contribution in [-0.2, 0) is 10.0 Å².